The van der Waals surface area contributed by atoms with Gasteiger partial charge in [-0.15, -0.1) is 0 Å². The monoisotopic (exact) mass is 302 g/mol. The average Bonchev–Trinajstić information content (AvgIpc) is 2.02. The molecule has 0 N–H and O–H groups in total. The Hall–Kier alpha value is -0.0800. The van der Waals surface area contributed by atoms with Crippen LogP contribution in [0.15, 0.2) is 22.7 Å². The highest BCUT2D eigenvalue weighted by molar-refractivity contribution is 9.10. The number of alkyl halides is 1. The van der Waals surface area contributed by atoms with Crippen molar-refractivity contribution in [2.75, 3.05) is 5.33 Å². The number of halogens is 2. The molecule has 1 aromatic rings. The summed E-state index contributed by atoms with van der Waals surface area (Å²) in [4.78, 5) is 0. The molecule has 70 valence electrons. The Balaban J connectivity index is 3.13. The summed E-state index contributed by atoms with van der Waals surface area (Å²) in [6.07, 6.45) is 4.27. The number of hydrogen-bond donors (Lipinski definition) is 0. The van der Waals surface area contributed by atoms with Crippen LogP contribution in [0.5, 0.6) is 0 Å². The fraction of sp³-hybridized carbons (Fsp3) is 0.273. The van der Waals surface area contributed by atoms with Crippen molar-refractivity contribution in [3.05, 3.63) is 39.4 Å². The van der Waals surface area contributed by atoms with E-state index in [0.29, 0.717) is 0 Å². The Kier molecular flexibility index (Phi) is 4.20. The molecule has 0 saturated heterocycles. The first kappa shape index (κ1) is 11.0. The quantitative estimate of drug-likeness (QED) is 0.707. The molecule has 0 heterocycles. The van der Waals surface area contributed by atoms with Gasteiger partial charge in [-0.2, -0.15) is 0 Å². The maximum absolute atomic E-state index is 3.48. The minimum absolute atomic E-state index is 0.905. The molecule has 0 aromatic heterocycles. The molecule has 0 unspecified atom stereocenters. The van der Waals surface area contributed by atoms with Crippen molar-refractivity contribution >= 4 is 37.9 Å². The standard InChI is InChI=1S/C11H12Br2/c1-8-6-10(13)7-9(2)11(8)4-3-5-12/h3-4,6-7H,5H2,1-2H3. The summed E-state index contributed by atoms with van der Waals surface area (Å²) in [5, 5.41) is 0.905. The van der Waals surface area contributed by atoms with Crippen molar-refractivity contribution < 1.29 is 0 Å². The number of allylic oxidation sites excluding steroid dienone is 1. The number of benzene rings is 1. The second-order valence-corrected chi connectivity index (χ2v) is 4.57. The van der Waals surface area contributed by atoms with E-state index in [1.54, 1.807) is 0 Å². The topological polar surface area (TPSA) is 0 Å². The smallest absolute Gasteiger partial charge is 0.0215 e. The number of rotatable bonds is 2. The zero-order chi connectivity index (χ0) is 9.84. The molecule has 0 atom stereocenters. The average molecular weight is 304 g/mol. The van der Waals surface area contributed by atoms with Gasteiger partial charge in [0, 0.05) is 9.80 Å². The minimum Gasteiger partial charge on any atom is -0.0883 e. The molecule has 0 aliphatic carbocycles. The van der Waals surface area contributed by atoms with Crippen molar-refractivity contribution in [3.63, 3.8) is 0 Å². The van der Waals surface area contributed by atoms with Crippen LogP contribution >= 0.6 is 31.9 Å². The van der Waals surface area contributed by atoms with Gasteiger partial charge in [0.2, 0.25) is 0 Å². The summed E-state index contributed by atoms with van der Waals surface area (Å²) in [6.45, 7) is 4.26. The summed E-state index contributed by atoms with van der Waals surface area (Å²) >= 11 is 6.86. The maximum Gasteiger partial charge on any atom is 0.0215 e. The molecule has 1 aromatic carbocycles. The summed E-state index contributed by atoms with van der Waals surface area (Å²) in [5.74, 6) is 0. The molecule has 0 radical (unpaired) electrons. The molecule has 0 saturated carbocycles. The predicted octanol–water partition coefficient (Wildman–Crippen LogP) is 4.47. The Morgan fingerprint density at radius 1 is 1.23 bits per heavy atom. The van der Waals surface area contributed by atoms with E-state index >= 15 is 0 Å². The summed E-state index contributed by atoms with van der Waals surface area (Å²) < 4.78 is 1.15. The lowest BCUT2D eigenvalue weighted by Crippen LogP contribution is -1.86. The second-order valence-electron chi connectivity index (χ2n) is 3.01. The lowest BCUT2D eigenvalue weighted by Gasteiger charge is -2.05. The highest BCUT2D eigenvalue weighted by Crippen LogP contribution is 2.21. The molecule has 2 heteroatoms. The van der Waals surface area contributed by atoms with Crippen LogP contribution < -0.4 is 0 Å². The van der Waals surface area contributed by atoms with Gasteiger partial charge < -0.3 is 0 Å². The fourth-order valence-corrected chi connectivity index (χ4v) is 2.22. The lowest BCUT2D eigenvalue weighted by molar-refractivity contribution is 1.34. The van der Waals surface area contributed by atoms with E-state index in [2.05, 4.69) is 70.0 Å². The number of hydrogen-bond acceptors (Lipinski definition) is 0. The van der Waals surface area contributed by atoms with Gasteiger partial charge in [0.25, 0.3) is 0 Å². The van der Waals surface area contributed by atoms with Crippen LogP contribution in [0.4, 0.5) is 0 Å². The van der Waals surface area contributed by atoms with Gasteiger partial charge in [0.1, 0.15) is 0 Å². The van der Waals surface area contributed by atoms with Gasteiger partial charge in [-0.3, -0.25) is 0 Å². The third kappa shape index (κ3) is 2.96. The number of aryl methyl sites for hydroxylation is 2. The van der Waals surface area contributed by atoms with Crippen molar-refractivity contribution in [3.8, 4) is 0 Å². The van der Waals surface area contributed by atoms with Crippen molar-refractivity contribution in [1.29, 1.82) is 0 Å². The molecule has 1 rings (SSSR count). The first-order valence-electron chi connectivity index (χ1n) is 4.14. The van der Waals surface area contributed by atoms with Crippen LogP contribution in [0.25, 0.3) is 6.08 Å². The largest absolute Gasteiger partial charge is 0.0883 e. The van der Waals surface area contributed by atoms with Crippen LogP contribution in [0.1, 0.15) is 16.7 Å². The molecule has 0 aliphatic heterocycles. The van der Waals surface area contributed by atoms with E-state index in [-0.39, 0.29) is 0 Å². The summed E-state index contributed by atoms with van der Waals surface area (Å²) in [6, 6.07) is 4.28. The highest BCUT2D eigenvalue weighted by atomic mass is 79.9. The second kappa shape index (κ2) is 4.97. The summed E-state index contributed by atoms with van der Waals surface area (Å²) in [5.41, 5.74) is 3.94. The third-order valence-electron chi connectivity index (χ3n) is 1.93. The van der Waals surface area contributed by atoms with Crippen LogP contribution in [0, 0.1) is 13.8 Å². The van der Waals surface area contributed by atoms with E-state index in [0.717, 1.165) is 9.80 Å². The van der Waals surface area contributed by atoms with Gasteiger partial charge in [-0.1, -0.05) is 44.0 Å². The fourth-order valence-electron chi connectivity index (χ4n) is 1.35. The third-order valence-corrected chi connectivity index (χ3v) is 2.76. The van der Waals surface area contributed by atoms with Crippen LogP contribution in [-0.4, -0.2) is 5.33 Å². The minimum atomic E-state index is 0.905. The van der Waals surface area contributed by atoms with E-state index < -0.39 is 0 Å². The van der Waals surface area contributed by atoms with Crippen LogP contribution in [0.3, 0.4) is 0 Å². The van der Waals surface area contributed by atoms with E-state index in [9.17, 15) is 0 Å². The lowest BCUT2D eigenvalue weighted by atomic mass is 10.0. The molecular formula is C11H12Br2. The molecule has 0 aliphatic rings. The van der Waals surface area contributed by atoms with E-state index in [4.69, 9.17) is 0 Å². The Morgan fingerprint density at radius 3 is 2.23 bits per heavy atom. The first-order valence-corrected chi connectivity index (χ1v) is 6.06. The van der Waals surface area contributed by atoms with Crippen molar-refractivity contribution in [1.82, 2.24) is 0 Å². The van der Waals surface area contributed by atoms with Crippen molar-refractivity contribution in [2.45, 2.75) is 13.8 Å². The van der Waals surface area contributed by atoms with Crippen LogP contribution in [-0.2, 0) is 0 Å². The Morgan fingerprint density at radius 2 is 1.77 bits per heavy atom. The molecule has 0 bridgehead atoms. The highest BCUT2D eigenvalue weighted by Gasteiger charge is 1.99. The molecule has 0 amide bonds. The Labute approximate surface area is 96.3 Å². The van der Waals surface area contributed by atoms with Gasteiger partial charge in [-0.25, -0.2) is 0 Å². The SMILES string of the molecule is Cc1cc(Br)cc(C)c1C=CCBr. The zero-order valence-corrected chi connectivity index (χ0v) is 10.9. The van der Waals surface area contributed by atoms with Crippen LogP contribution in [0.2, 0.25) is 0 Å². The van der Waals surface area contributed by atoms with Crippen molar-refractivity contribution in [2.24, 2.45) is 0 Å². The van der Waals surface area contributed by atoms with Gasteiger partial charge in [0.05, 0.1) is 0 Å². The zero-order valence-electron chi connectivity index (χ0n) is 7.77. The molecule has 0 fully saturated rings. The molecule has 0 nitrogen and oxygen atoms in total. The van der Waals surface area contributed by atoms with Gasteiger partial charge in [-0.05, 0) is 42.7 Å². The van der Waals surface area contributed by atoms with Gasteiger partial charge in [0.15, 0.2) is 0 Å². The first-order chi connectivity index (χ1) is 6.15. The molecule has 13 heavy (non-hydrogen) atoms. The predicted molar refractivity (Wildman–Crippen MR) is 66.4 cm³/mol. The normalized spacial score (nSPS) is 11.1. The van der Waals surface area contributed by atoms with E-state index in [1.165, 1.54) is 16.7 Å². The maximum atomic E-state index is 3.48. The molecule has 0 spiro atoms. The Bertz CT molecular complexity index is 304. The summed E-state index contributed by atoms with van der Waals surface area (Å²) in [7, 11) is 0. The molecular weight excluding hydrogens is 292 g/mol. The van der Waals surface area contributed by atoms with Gasteiger partial charge >= 0.3 is 0 Å². The van der Waals surface area contributed by atoms with E-state index in [1.807, 2.05) is 0 Å².